The molecule has 0 saturated carbocycles. The van der Waals surface area contributed by atoms with Crippen LogP contribution in [0.2, 0.25) is 10.0 Å². The molecule has 0 aromatic heterocycles. The van der Waals surface area contributed by atoms with E-state index < -0.39 is 6.10 Å². The van der Waals surface area contributed by atoms with Gasteiger partial charge in [0, 0.05) is 11.6 Å². The smallest absolute Gasteiger partial charge is 0.0957 e. The van der Waals surface area contributed by atoms with Crippen LogP contribution < -0.4 is 5.32 Å². The number of aliphatic hydroxyl groups is 1. The number of hydrogen-bond acceptors (Lipinski definition) is 2. The fraction of sp³-hybridized carbons (Fsp3) is 0.455. The molecule has 2 rings (SSSR count). The Morgan fingerprint density at radius 1 is 1.40 bits per heavy atom. The largest absolute Gasteiger partial charge is 0.387 e. The molecular weight excluding hydrogens is 233 g/mol. The molecular formula is C11H13Cl2NO. The van der Waals surface area contributed by atoms with Gasteiger partial charge in [-0.05, 0) is 25.5 Å². The van der Waals surface area contributed by atoms with Crippen molar-refractivity contribution < 1.29 is 5.11 Å². The Kier molecular flexibility index (Phi) is 3.52. The van der Waals surface area contributed by atoms with Gasteiger partial charge in [-0.3, -0.25) is 0 Å². The third-order valence-corrected chi connectivity index (χ3v) is 3.61. The van der Waals surface area contributed by atoms with Gasteiger partial charge in [0.25, 0.3) is 0 Å². The van der Waals surface area contributed by atoms with Crippen LogP contribution in [0.5, 0.6) is 0 Å². The maximum Gasteiger partial charge on any atom is 0.0957 e. The summed E-state index contributed by atoms with van der Waals surface area (Å²) in [5.41, 5.74) is 0.712. The van der Waals surface area contributed by atoms with Gasteiger partial charge in [0.1, 0.15) is 0 Å². The molecule has 1 aromatic carbocycles. The first kappa shape index (κ1) is 11.2. The van der Waals surface area contributed by atoms with Crippen LogP contribution in [0.4, 0.5) is 0 Å². The van der Waals surface area contributed by atoms with Crippen molar-refractivity contribution in [1.29, 1.82) is 0 Å². The summed E-state index contributed by atoms with van der Waals surface area (Å²) >= 11 is 11.9. The lowest BCUT2D eigenvalue weighted by Crippen LogP contribution is -2.28. The topological polar surface area (TPSA) is 32.3 Å². The predicted molar refractivity (Wildman–Crippen MR) is 62.4 cm³/mol. The number of nitrogens with one attached hydrogen (secondary N) is 1. The molecule has 1 fully saturated rings. The summed E-state index contributed by atoms with van der Waals surface area (Å²) in [6.07, 6.45) is 1.50. The summed E-state index contributed by atoms with van der Waals surface area (Å²) in [6.45, 7) is 0.958. The van der Waals surface area contributed by atoms with E-state index in [0.717, 1.165) is 19.4 Å². The summed E-state index contributed by atoms with van der Waals surface area (Å²) < 4.78 is 0. The number of aliphatic hydroxyl groups excluding tert-OH is 1. The molecule has 2 N–H and O–H groups in total. The molecule has 1 aliphatic heterocycles. The van der Waals surface area contributed by atoms with Crippen molar-refractivity contribution in [1.82, 2.24) is 5.32 Å². The highest BCUT2D eigenvalue weighted by atomic mass is 35.5. The van der Waals surface area contributed by atoms with Gasteiger partial charge < -0.3 is 10.4 Å². The normalized spacial score (nSPS) is 23.0. The van der Waals surface area contributed by atoms with Crippen molar-refractivity contribution in [3.05, 3.63) is 33.8 Å². The fourth-order valence-corrected chi connectivity index (χ4v) is 2.37. The van der Waals surface area contributed by atoms with Crippen LogP contribution in [-0.2, 0) is 0 Å². The summed E-state index contributed by atoms with van der Waals surface area (Å²) in [7, 11) is 0. The Hall–Kier alpha value is -0.280. The molecule has 0 bridgehead atoms. The molecule has 2 nitrogen and oxygen atoms in total. The molecule has 0 aliphatic carbocycles. The standard InChI is InChI=1S/C11H13Cl2NO/c12-8-4-1-3-7(10(8)13)11(15)9-5-2-6-14-9/h1,3-4,9,11,14-15H,2,5-6H2. The highest BCUT2D eigenvalue weighted by Gasteiger charge is 2.25. The molecule has 2 unspecified atom stereocenters. The quantitative estimate of drug-likeness (QED) is 0.840. The highest BCUT2D eigenvalue weighted by molar-refractivity contribution is 6.42. The van der Waals surface area contributed by atoms with E-state index in [9.17, 15) is 5.11 Å². The number of benzene rings is 1. The zero-order valence-electron chi connectivity index (χ0n) is 8.21. The molecule has 1 aromatic rings. The first-order chi connectivity index (χ1) is 7.20. The van der Waals surface area contributed by atoms with Gasteiger partial charge in [0.05, 0.1) is 16.1 Å². The van der Waals surface area contributed by atoms with Gasteiger partial charge in [0.15, 0.2) is 0 Å². The van der Waals surface area contributed by atoms with Gasteiger partial charge in [-0.25, -0.2) is 0 Å². The van der Waals surface area contributed by atoms with E-state index in [0.29, 0.717) is 15.6 Å². The maximum absolute atomic E-state index is 10.1. The molecule has 2 atom stereocenters. The van der Waals surface area contributed by atoms with Crippen LogP contribution in [0.15, 0.2) is 18.2 Å². The molecule has 0 spiro atoms. The van der Waals surface area contributed by atoms with Crippen molar-refractivity contribution in [2.24, 2.45) is 0 Å². The van der Waals surface area contributed by atoms with Gasteiger partial charge in [-0.2, -0.15) is 0 Å². The Labute approximate surface area is 99.2 Å². The minimum atomic E-state index is -0.571. The lowest BCUT2D eigenvalue weighted by atomic mass is 10.0. The third-order valence-electron chi connectivity index (χ3n) is 2.78. The van der Waals surface area contributed by atoms with Crippen LogP contribution in [-0.4, -0.2) is 17.7 Å². The van der Waals surface area contributed by atoms with Crippen molar-refractivity contribution in [2.45, 2.75) is 25.0 Å². The molecule has 0 amide bonds. The van der Waals surface area contributed by atoms with Crippen LogP contribution in [0.25, 0.3) is 0 Å². The van der Waals surface area contributed by atoms with Crippen LogP contribution in [0.3, 0.4) is 0 Å². The summed E-state index contributed by atoms with van der Waals surface area (Å²) in [5, 5.41) is 14.3. The van der Waals surface area contributed by atoms with Gasteiger partial charge >= 0.3 is 0 Å². The van der Waals surface area contributed by atoms with Gasteiger partial charge in [0.2, 0.25) is 0 Å². The molecule has 1 aliphatic rings. The Morgan fingerprint density at radius 2 is 2.20 bits per heavy atom. The van der Waals surface area contributed by atoms with E-state index in [1.165, 1.54) is 0 Å². The first-order valence-corrected chi connectivity index (χ1v) is 5.81. The van der Waals surface area contributed by atoms with E-state index in [-0.39, 0.29) is 6.04 Å². The van der Waals surface area contributed by atoms with Crippen molar-refractivity contribution in [3.8, 4) is 0 Å². The van der Waals surface area contributed by atoms with Crippen molar-refractivity contribution in [3.63, 3.8) is 0 Å². The fourth-order valence-electron chi connectivity index (χ4n) is 1.95. The molecule has 82 valence electrons. The first-order valence-electron chi connectivity index (χ1n) is 5.05. The minimum absolute atomic E-state index is 0.0981. The van der Waals surface area contributed by atoms with Crippen molar-refractivity contribution >= 4 is 23.2 Å². The SMILES string of the molecule is OC(c1cccc(Cl)c1Cl)C1CCCN1. The summed E-state index contributed by atoms with van der Waals surface area (Å²) in [5.74, 6) is 0. The molecule has 1 saturated heterocycles. The van der Waals surface area contributed by atoms with Crippen molar-refractivity contribution in [2.75, 3.05) is 6.54 Å². The summed E-state index contributed by atoms with van der Waals surface area (Å²) in [6, 6.07) is 5.45. The monoisotopic (exact) mass is 245 g/mol. The van der Waals surface area contributed by atoms with E-state index in [2.05, 4.69) is 5.32 Å². The van der Waals surface area contributed by atoms with Crippen LogP contribution >= 0.6 is 23.2 Å². The lowest BCUT2D eigenvalue weighted by molar-refractivity contribution is 0.137. The number of rotatable bonds is 2. The number of halogens is 2. The lowest BCUT2D eigenvalue weighted by Gasteiger charge is -2.20. The average molecular weight is 246 g/mol. The van der Waals surface area contributed by atoms with E-state index in [1.807, 2.05) is 12.1 Å². The average Bonchev–Trinajstić information content (AvgIpc) is 2.74. The van der Waals surface area contributed by atoms with E-state index in [1.54, 1.807) is 6.07 Å². The highest BCUT2D eigenvalue weighted by Crippen LogP contribution is 2.32. The molecule has 4 heteroatoms. The molecule has 1 heterocycles. The molecule has 15 heavy (non-hydrogen) atoms. The maximum atomic E-state index is 10.1. The zero-order valence-corrected chi connectivity index (χ0v) is 9.72. The van der Waals surface area contributed by atoms with E-state index >= 15 is 0 Å². The minimum Gasteiger partial charge on any atom is -0.387 e. The zero-order chi connectivity index (χ0) is 10.8. The Bertz CT molecular complexity index is 350. The third kappa shape index (κ3) is 2.28. The second-order valence-electron chi connectivity index (χ2n) is 3.79. The van der Waals surface area contributed by atoms with E-state index in [4.69, 9.17) is 23.2 Å². The number of hydrogen-bond donors (Lipinski definition) is 2. The predicted octanol–water partition coefficient (Wildman–Crippen LogP) is 2.78. The second-order valence-corrected chi connectivity index (χ2v) is 4.58. The summed E-state index contributed by atoms with van der Waals surface area (Å²) in [4.78, 5) is 0. The second kappa shape index (κ2) is 4.71. The van der Waals surface area contributed by atoms with Gasteiger partial charge in [-0.15, -0.1) is 0 Å². The Morgan fingerprint density at radius 3 is 2.87 bits per heavy atom. The van der Waals surface area contributed by atoms with Gasteiger partial charge in [-0.1, -0.05) is 35.3 Å². The molecule has 0 radical (unpaired) electrons. The Balaban J connectivity index is 2.24. The van der Waals surface area contributed by atoms with Crippen LogP contribution in [0.1, 0.15) is 24.5 Å². The van der Waals surface area contributed by atoms with Crippen LogP contribution in [0, 0.1) is 0 Å².